The maximum Gasteiger partial charge on any atom is 0.0899 e. The third-order valence-electron chi connectivity index (χ3n) is 11.1. The molecule has 7 aromatic carbocycles. The topological polar surface area (TPSA) is 43.6 Å². The van der Waals surface area contributed by atoms with Crippen LogP contribution in [0.15, 0.2) is 207 Å². The van der Waals surface area contributed by atoms with E-state index in [0.29, 0.717) is 0 Å². The van der Waals surface area contributed by atoms with Crippen LogP contribution < -0.4 is 0 Å². The molecule has 0 aliphatic heterocycles. The highest BCUT2D eigenvalue weighted by molar-refractivity contribution is 6.10. The first-order valence-corrected chi connectivity index (χ1v) is 19.2. The smallest absolute Gasteiger partial charge is 0.0899 e. The van der Waals surface area contributed by atoms with Gasteiger partial charge in [-0.05, 0) is 122 Å². The zero-order valence-corrected chi connectivity index (χ0v) is 30.9. The molecule has 266 valence electrons. The Morgan fingerprint density at radius 2 is 0.947 bits per heavy atom. The first-order valence-electron chi connectivity index (χ1n) is 19.2. The van der Waals surface area contributed by atoms with E-state index in [1.54, 1.807) is 0 Å². The molecule has 0 unspecified atom stereocenters. The number of hydrogen-bond donors (Lipinski definition) is 0. The van der Waals surface area contributed by atoms with Gasteiger partial charge in [0.2, 0.25) is 0 Å². The number of hydrogen-bond acceptors (Lipinski definition) is 3. The van der Waals surface area contributed by atoms with E-state index in [4.69, 9.17) is 4.98 Å². The summed E-state index contributed by atoms with van der Waals surface area (Å²) in [6.45, 7) is 0. The maximum absolute atomic E-state index is 5.11. The molecule has 4 nitrogen and oxygen atoms in total. The Morgan fingerprint density at radius 3 is 1.72 bits per heavy atom. The van der Waals surface area contributed by atoms with Crippen molar-refractivity contribution in [3.63, 3.8) is 0 Å². The van der Waals surface area contributed by atoms with Crippen molar-refractivity contribution in [1.29, 1.82) is 0 Å². The Hall–Kier alpha value is -7.69. The monoisotopic (exact) mass is 726 g/mol. The second-order valence-corrected chi connectivity index (χ2v) is 14.6. The Balaban J connectivity index is 0.971. The van der Waals surface area contributed by atoms with E-state index in [0.717, 1.165) is 67.0 Å². The van der Waals surface area contributed by atoms with Crippen LogP contribution in [0.5, 0.6) is 0 Å². The molecular weight excluding hydrogens is 693 g/mol. The fourth-order valence-corrected chi connectivity index (χ4v) is 8.21. The highest BCUT2D eigenvalue weighted by atomic mass is 15.0. The van der Waals surface area contributed by atoms with Gasteiger partial charge < -0.3 is 4.57 Å². The summed E-state index contributed by atoms with van der Waals surface area (Å²) < 4.78 is 2.36. The molecule has 0 spiro atoms. The zero-order valence-electron chi connectivity index (χ0n) is 30.9. The molecule has 0 bridgehead atoms. The number of aromatic nitrogens is 4. The van der Waals surface area contributed by atoms with Crippen molar-refractivity contribution in [3.05, 3.63) is 207 Å². The van der Waals surface area contributed by atoms with Crippen LogP contribution in [0, 0.1) is 0 Å². The van der Waals surface area contributed by atoms with Crippen molar-refractivity contribution in [3.8, 4) is 61.7 Å². The van der Waals surface area contributed by atoms with E-state index >= 15 is 0 Å². The zero-order chi connectivity index (χ0) is 37.7. The van der Waals surface area contributed by atoms with E-state index in [-0.39, 0.29) is 0 Å². The Kier molecular flexibility index (Phi) is 7.78. The lowest BCUT2D eigenvalue weighted by atomic mass is 9.97. The molecule has 0 atom stereocenters. The number of nitrogens with zero attached hydrogens (tertiary/aromatic N) is 4. The SMILES string of the molecule is c1ccc(-c2cc(-c3ccc(-c4ccc5c(c4)c4cnccc4n5-c4cccc(-c5ccc6ccccc6c5)c4)cc3)cc(-c3ccc4ccccc4c3)n2)nc1. The van der Waals surface area contributed by atoms with Gasteiger partial charge in [0, 0.05) is 40.6 Å². The van der Waals surface area contributed by atoms with Gasteiger partial charge in [-0.2, -0.15) is 0 Å². The summed E-state index contributed by atoms with van der Waals surface area (Å²) >= 11 is 0. The number of pyridine rings is 3. The Labute approximate surface area is 330 Å². The summed E-state index contributed by atoms with van der Waals surface area (Å²) in [5.74, 6) is 0. The van der Waals surface area contributed by atoms with Crippen molar-refractivity contribution < 1.29 is 0 Å². The highest BCUT2D eigenvalue weighted by Crippen LogP contribution is 2.37. The number of fused-ring (bicyclic) bond motifs is 5. The van der Waals surface area contributed by atoms with Crippen LogP contribution in [-0.4, -0.2) is 19.5 Å². The van der Waals surface area contributed by atoms with Gasteiger partial charge in [-0.15, -0.1) is 0 Å². The van der Waals surface area contributed by atoms with Gasteiger partial charge in [-0.25, -0.2) is 4.98 Å². The van der Waals surface area contributed by atoms with Crippen molar-refractivity contribution in [1.82, 2.24) is 19.5 Å². The minimum absolute atomic E-state index is 0.846. The minimum atomic E-state index is 0.846. The summed E-state index contributed by atoms with van der Waals surface area (Å²) in [7, 11) is 0. The second kappa shape index (κ2) is 13.6. The molecular formula is C53H34N4. The first kappa shape index (κ1) is 32.7. The number of rotatable bonds is 6. The summed E-state index contributed by atoms with van der Waals surface area (Å²) in [5.41, 5.74) is 14.0. The van der Waals surface area contributed by atoms with E-state index in [2.05, 4.69) is 184 Å². The third kappa shape index (κ3) is 5.92. The molecule has 4 aromatic heterocycles. The van der Waals surface area contributed by atoms with Crippen LogP contribution in [0.25, 0.3) is 105 Å². The van der Waals surface area contributed by atoms with Gasteiger partial charge in [-0.3, -0.25) is 9.97 Å². The minimum Gasteiger partial charge on any atom is -0.309 e. The fraction of sp³-hybridized carbons (Fsp3) is 0. The predicted molar refractivity (Wildman–Crippen MR) is 236 cm³/mol. The van der Waals surface area contributed by atoms with Crippen LogP contribution in [0.2, 0.25) is 0 Å². The normalized spacial score (nSPS) is 11.5. The van der Waals surface area contributed by atoms with Gasteiger partial charge in [0.25, 0.3) is 0 Å². The van der Waals surface area contributed by atoms with E-state index in [9.17, 15) is 0 Å². The molecule has 57 heavy (non-hydrogen) atoms. The van der Waals surface area contributed by atoms with E-state index in [1.165, 1.54) is 38.1 Å². The lowest BCUT2D eigenvalue weighted by Crippen LogP contribution is -1.94. The Bertz CT molecular complexity index is 3290. The van der Waals surface area contributed by atoms with Gasteiger partial charge >= 0.3 is 0 Å². The molecule has 4 heteroatoms. The molecule has 0 radical (unpaired) electrons. The largest absolute Gasteiger partial charge is 0.309 e. The molecule has 11 rings (SSSR count). The lowest BCUT2D eigenvalue weighted by Gasteiger charge is -2.12. The van der Waals surface area contributed by atoms with Crippen molar-refractivity contribution in [2.45, 2.75) is 0 Å². The molecule has 0 fully saturated rings. The molecule has 0 saturated heterocycles. The standard InChI is InChI=1S/C53H34N4/c1-3-10-39-28-42(21-19-35(39)8-1)41-12-7-13-46(30-41)57-52-24-23-43(31-47(52)48-34-54-27-25-53(48)57)37-15-17-38(18-16-37)45-32-50(56-51(33-45)49-14-5-6-26-55-49)44-22-20-36-9-2-4-11-40(36)29-44/h1-34H. The molecule has 11 aromatic rings. The average molecular weight is 727 g/mol. The fourth-order valence-electron chi connectivity index (χ4n) is 8.21. The Morgan fingerprint density at radius 1 is 0.333 bits per heavy atom. The van der Waals surface area contributed by atoms with Crippen molar-refractivity contribution in [2.24, 2.45) is 0 Å². The average Bonchev–Trinajstić information content (AvgIpc) is 3.62. The molecule has 0 aliphatic rings. The maximum atomic E-state index is 5.11. The lowest BCUT2D eigenvalue weighted by molar-refractivity contribution is 1.17. The third-order valence-corrected chi connectivity index (χ3v) is 11.1. The summed E-state index contributed by atoms with van der Waals surface area (Å²) in [4.78, 5) is 14.3. The van der Waals surface area contributed by atoms with Gasteiger partial charge in [0.05, 0.1) is 28.1 Å². The summed E-state index contributed by atoms with van der Waals surface area (Å²) in [5, 5.41) is 7.19. The van der Waals surface area contributed by atoms with Crippen LogP contribution in [0.4, 0.5) is 0 Å². The summed E-state index contributed by atoms with van der Waals surface area (Å²) in [6, 6.07) is 67.1. The van der Waals surface area contributed by atoms with Crippen molar-refractivity contribution in [2.75, 3.05) is 0 Å². The van der Waals surface area contributed by atoms with Crippen molar-refractivity contribution >= 4 is 43.4 Å². The van der Waals surface area contributed by atoms with Gasteiger partial charge in [-0.1, -0.05) is 121 Å². The quantitative estimate of drug-likeness (QED) is 0.171. The molecule has 0 N–H and O–H groups in total. The van der Waals surface area contributed by atoms with Crippen LogP contribution in [0.3, 0.4) is 0 Å². The summed E-state index contributed by atoms with van der Waals surface area (Å²) in [6.07, 6.45) is 5.69. The molecule has 0 saturated carbocycles. The first-order chi connectivity index (χ1) is 28.2. The van der Waals surface area contributed by atoms with Crippen LogP contribution in [-0.2, 0) is 0 Å². The van der Waals surface area contributed by atoms with Gasteiger partial charge in [0.1, 0.15) is 0 Å². The molecule has 0 aliphatic carbocycles. The second-order valence-electron chi connectivity index (χ2n) is 14.6. The van der Waals surface area contributed by atoms with E-state index in [1.807, 2.05) is 36.8 Å². The number of benzene rings is 7. The molecule has 4 heterocycles. The molecule has 0 amide bonds. The van der Waals surface area contributed by atoms with Gasteiger partial charge in [0.15, 0.2) is 0 Å². The van der Waals surface area contributed by atoms with Crippen LogP contribution >= 0.6 is 0 Å². The van der Waals surface area contributed by atoms with E-state index < -0.39 is 0 Å². The highest BCUT2D eigenvalue weighted by Gasteiger charge is 2.15. The predicted octanol–water partition coefficient (Wildman–Crippen LogP) is 13.6. The van der Waals surface area contributed by atoms with Crippen LogP contribution in [0.1, 0.15) is 0 Å².